The maximum absolute atomic E-state index is 8.39. The minimum absolute atomic E-state index is 0.0556. The molecule has 0 saturated heterocycles. The molecule has 0 aromatic rings. The van der Waals surface area contributed by atoms with Crippen molar-refractivity contribution in [3.05, 3.63) is 0 Å². The van der Waals surface area contributed by atoms with Crippen LogP contribution in [0.1, 0.15) is 0 Å². The van der Waals surface area contributed by atoms with Crippen molar-refractivity contribution < 1.29 is 34.2 Å². The van der Waals surface area contributed by atoms with Gasteiger partial charge in [0.15, 0.2) is 0 Å². The van der Waals surface area contributed by atoms with Crippen LogP contribution >= 0.6 is 0 Å². The monoisotopic (exact) mass is 376 g/mol. The van der Waals surface area contributed by atoms with E-state index in [1.165, 1.54) is 0 Å². The molecule has 0 aliphatic heterocycles. The molecule has 6 heteroatoms. The zero-order valence-corrected chi connectivity index (χ0v) is 10.7. The van der Waals surface area contributed by atoms with Gasteiger partial charge in [-0.05, 0) is 0 Å². The molecule has 3 nitrogen and oxygen atoms in total. The molecule has 0 aromatic carbocycles. The third-order valence-electron chi connectivity index (χ3n) is 0. The average molecular weight is 377 g/mol. The maximum atomic E-state index is 8.39. The second kappa shape index (κ2) is 75.4. The van der Waals surface area contributed by atoms with Gasteiger partial charge in [0.1, 0.15) is 0 Å². The molecule has 0 rings (SSSR count). The van der Waals surface area contributed by atoms with Crippen LogP contribution in [0.25, 0.3) is 0 Å². The number of rotatable bonds is 0. The Balaban J connectivity index is -0.0000000225. The van der Waals surface area contributed by atoms with E-state index in [-0.39, 0.29) is 24.7 Å². The predicted octanol–water partition coefficient (Wildman–Crippen LogP) is -1.66. The molecule has 0 atom stereocenters. The van der Waals surface area contributed by atoms with E-state index in [1.54, 1.807) is 0 Å². The third kappa shape index (κ3) is 43.6. The molecule has 0 amide bonds. The molecule has 0 aliphatic carbocycles. The van der Waals surface area contributed by atoms with Gasteiger partial charge in [-0.3, -0.25) is 0 Å². The first-order valence-corrected chi connectivity index (χ1v) is 3.86. The molecule has 0 saturated carbocycles. The van der Waals surface area contributed by atoms with E-state index in [9.17, 15) is 0 Å². The van der Waals surface area contributed by atoms with E-state index in [0.717, 1.165) is 0 Å². The molecule has 0 aromatic heterocycles. The Morgan fingerprint density at radius 2 is 1.17 bits per heavy atom. The SMILES string of the molecule is [O]=[AlH].[O]=[BiH].[O]=[Zr]. The fraction of sp³-hybridized carbons (Fsp3) is 0. The van der Waals surface area contributed by atoms with Crippen molar-refractivity contribution in [3.63, 3.8) is 0 Å². The molecule has 0 bridgehead atoms. The van der Waals surface area contributed by atoms with Crippen molar-refractivity contribution in [1.82, 2.24) is 0 Å². The minimum atomic E-state index is 0.0556. The summed E-state index contributed by atoms with van der Waals surface area (Å²) < 4.78 is 25.0. The van der Waals surface area contributed by atoms with E-state index in [1.807, 2.05) is 0 Å². The molecule has 0 radical (unpaired) electrons. The van der Waals surface area contributed by atoms with E-state index in [0.29, 0.717) is 40.9 Å². The second-order valence-corrected chi connectivity index (χ2v) is 0. The Kier molecular flexibility index (Phi) is 197. The molecule has 0 fully saturated rings. The van der Waals surface area contributed by atoms with Crippen LogP contribution in [0.2, 0.25) is 0 Å². The van der Waals surface area contributed by atoms with Gasteiger partial charge in [-0.15, -0.1) is 0 Å². The summed E-state index contributed by atoms with van der Waals surface area (Å²) in [5, 5.41) is 0. The molecule has 0 N–H and O–H groups in total. The van der Waals surface area contributed by atoms with Crippen LogP contribution in [0.15, 0.2) is 0 Å². The summed E-state index contributed by atoms with van der Waals surface area (Å²) in [5.74, 6) is 0. The van der Waals surface area contributed by atoms with Gasteiger partial charge in [-0.1, -0.05) is 0 Å². The van der Waals surface area contributed by atoms with Crippen LogP contribution in [0.5, 0.6) is 0 Å². The number of hydrogen-bond acceptors (Lipinski definition) is 3. The van der Waals surface area contributed by atoms with Crippen molar-refractivity contribution in [2.45, 2.75) is 0 Å². The molecule has 32 valence electrons. The number of hydrogen-bond donors (Lipinski definition) is 0. The van der Waals surface area contributed by atoms with E-state index in [4.69, 9.17) is 9.43 Å². The Morgan fingerprint density at radius 3 is 1.17 bits per heavy atom. The fourth-order valence-electron chi connectivity index (χ4n) is 0. The summed E-state index contributed by atoms with van der Waals surface area (Å²) >= 11 is 0.967. The summed E-state index contributed by atoms with van der Waals surface area (Å²) in [7, 11) is 0. The van der Waals surface area contributed by atoms with Crippen LogP contribution in [0.4, 0.5) is 0 Å². The Labute approximate surface area is 74.1 Å². The van der Waals surface area contributed by atoms with Gasteiger partial charge in [-0.2, -0.15) is 0 Å². The topological polar surface area (TPSA) is 51.2 Å². The van der Waals surface area contributed by atoms with Crippen molar-refractivity contribution in [3.8, 4) is 0 Å². The third-order valence-corrected chi connectivity index (χ3v) is 0. The normalized spacial score (nSPS) is 1.67. The quantitative estimate of drug-likeness (QED) is 0.476. The van der Waals surface area contributed by atoms with Crippen LogP contribution in [-0.2, 0) is 34.2 Å². The van der Waals surface area contributed by atoms with Gasteiger partial charge in [0.05, 0.1) is 0 Å². The summed E-state index contributed by atoms with van der Waals surface area (Å²) in [6.45, 7) is 0. The van der Waals surface area contributed by atoms with Gasteiger partial charge in [0.25, 0.3) is 0 Å². The van der Waals surface area contributed by atoms with E-state index in [2.05, 4.69) is 0 Å². The molecule has 0 spiro atoms. The fourth-order valence-corrected chi connectivity index (χ4v) is 0. The summed E-state index contributed by atoms with van der Waals surface area (Å²) in [6, 6.07) is 0. The second-order valence-electron chi connectivity index (χ2n) is 0. The Hall–Kier alpha value is 1.70. The summed E-state index contributed by atoms with van der Waals surface area (Å²) in [6.07, 6.45) is 0. The molecule has 0 aliphatic rings. The zero-order chi connectivity index (χ0) is 6.00. The Bertz CT molecular complexity index is 15.5. The van der Waals surface area contributed by atoms with Crippen molar-refractivity contribution >= 4 is 40.9 Å². The van der Waals surface area contributed by atoms with Crippen LogP contribution in [0, 0.1) is 0 Å². The first-order chi connectivity index (χ1) is 3.00. The Morgan fingerprint density at radius 1 is 1.17 bits per heavy atom. The first-order valence-electron chi connectivity index (χ1n) is 0.697. The molecular formula is H2AlBiO3Zr. The van der Waals surface area contributed by atoms with Gasteiger partial charge in [-0.25, -0.2) is 0 Å². The van der Waals surface area contributed by atoms with Gasteiger partial charge in [0, 0.05) is 0 Å². The van der Waals surface area contributed by atoms with Crippen LogP contribution in [0.3, 0.4) is 0 Å². The van der Waals surface area contributed by atoms with Crippen molar-refractivity contribution in [2.24, 2.45) is 0 Å². The molecule has 0 heterocycles. The molecule has 0 unspecified atom stereocenters. The molecule has 6 heavy (non-hydrogen) atoms. The van der Waals surface area contributed by atoms with Gasteiger partial charge >= 0.3 is 75.1 Å². The summed E-state index contributed by atoms with van der Waals surface area (Å²) in [4.78, 5) is 0. The van der Waals surface area contributed by atoms with E-state index >= 15 is 0 Å². The summed E-state index contributed by atoms with van der Waals surface area (Å²) in [5.41, 5.74) is 0. The van der Waals surface area contributed by atoms with Crippen molar-refractivity contribution in [1.29, 1.82) is 0 Å². The zero-order valence-electron chi connectivity index (χ0n) is 2.93. The predicted molar refractivity (Wildman–Crippen MR) is 16.4 cm³/mol. The van der Waals surface area contributed by atoms with Gasteiger partial charge < -0.3 is 0 Å². The van der Waals surface area contributed by atoms with Crippen molar-refractivity contribution in [2.75, 3.05) is 0 Å². The average Bonchev–Trinajstić information content (AvgIpc) is 1.81. The van der Waals surface area contributed by atoms with Crippen LogP contribution < -0.4 is 0 Å². The van der Waals surface area contributed by atoms with Crippen LogP contribution in [-0.4, -0.2) is 40.9 Å². The van der Waals surface area contributed by atoms with E-state index < -0.39 is 0 Å². The van der Waals surface area contributed by atoms with Gasteiger partial charge in [0.2, 0.25) is 0 Å². The standard InChI is InChI=1S/Al.Bi.3O.Zr.2H. The first kappa shape index (κ1) is 15.6. The molecular weight excluding hydrogens is 375 g/mol.